The molecule has 52 heavy (non-hydrogen) atoms. The van der Waals surface area contributed by atoms with Crippen LogP contribution < -0.4 is 20.9 Å². The van der Waals surface area contributed by atoms with Crippen molar-refractivity contribution < 1.29 is 14.4 Å². The van der Waals surface area contributed by atoms with E-state index >= 15 is 0 Å². The molecule has 9 rings (SSSR count). The second-order valence-corrected chi connectivity index (χ2v) is 15.7. The van der Waals surface area contributed by atoms with Gasteiger partial charge in [0.25, 0.3) is 11.8 Å². The largest absolute Gasteiger partial charge is 0.364 e. The molecule has 0 radical (unpaired) electrons. The van der Waals surface area contributed by atoms with Crippen molar-refractivity contribution in [3.63, 3.8) is 0 Å². The van der Waals surface area contributed by atoms with Gasteiger partial charge in [-0.15, -0.1) is 21.5 Å². The molecule has 2 saturated heterocycles. The normalized spacial score (nSPS) is 19.9. The van der Waals surface area contributed by atoms with Crippen LogP contribution in [-0.4, -0.2) is 91.8 Å². The van der Waals surface area contributed by atoms with Gasteiger partial charge in [-0.25, -0.2) is 4.98 Å². The van der Waals surface area contributed by atoms with E-state index < -0.39 is 0 Å². The van der Waals surface area contributed by atoms with E-state index in [1.807, 2.05) is 28.6 Å². The quantitative estimate of drug-likeness (QED) is 0.193. The Morgan fingerprint density at radius 3 is 2.56 bits per heavy atom. The van der Waals surface area contributed by atoms with Crippen molar-refractivity contribution in [2.45, 2.75) is 76.5 Å². The van der Waals surface area contributed by atoms with Gasteiger partial charge in [-0.2, -0.15) is 5.10 Å². The van der Waals surface area contributed by atoms with Crippen LogP contribution in [0.1, 0.15) is 95.6 Å². The second-order valence-electron chi connectivity index (χ2n) is 14.7. The van der Waals surface area contributed by atoms with Gasteiger partial charge in [0, 0.05) is 67.8 Å². The summed E-state index contributed by atoms with van der Waals surface area (Å²) in [5.74, 6) is 0.0237. The highest BCUT2D eigenvalue weighted by Crippen LogP contribution is 2.50. The van der Waals surface area contributed by atoms with E-state index in [-0.39, 0.29) is 47.5 Å². The van der Waals surface area contributed by atoms with Crippen LogP contribution >= 0.6 is 11.3 Å². The first-order valence-corrected chi connectivity index (χ1v) is 19.4. The molecule has 15 heteroatoms. The zero-order valence-corrected chi connectivity index (χ0v) is 30.3. The topological polar surface area (TPSA) is 154 Å². The Bertz CT molecular complexity index is 2040. The Hall–Kier alpha value is -4.89. The van der Waals surface area contributed by atoms with Crippen molar-refractivity contribution in [2.75, 3.05) is 48.8 Å². The summed E-state index contributed by atoms with van der Waals surface area (Å²) in [5.41, 5.74) is 6.43. The summed E-state index contributed by atoms with van der Waals surface area (Å²) in [6, 6.07) is 8.32. The van der Waals surface area contributed by atoms with E-state index in [0.29, 0.717) is 17.2 Å². The average Bonchev–Trinajstić information content (AvgIpc) is 3.97. The Balaban J connectivity index is 0.956. The highest BCUT2D eigenvalue weighted by atomic mass is 32.1. The van der Waals surface area contributed by atoms with E-state index in [4.69, 9.17) is 10.1 Å². The van der Waals surface area contributed by atoms with E-state index in [1.54, 1.807) is 17.4 Å². The molecular weight excluding hydrogens is 679 g/mol. The highest BCUT2D eigenvalue weighted by Gasteiger charge is 2.39. The number of carbonyl (C=O) groups excluding carboxylic acids is 3. The number of nitrogens with one attached hydrogen (secondary N) is 3. The Morgan fingerprint density at radius 1 is 1.00 bits per heavy atom. The number of anilines is 4. The maximum atomic E-state index is 13.3. The lowest BCUT2D eigenvalue weighted by molar-refractivity contribution is -0.117. The number of carbonyl (C=O) groups is 3. The minimum atomic E-state index is -0.286. The lowest BCUT2D eigenvalue weighted by atomic mass is 9.91. The van der Waals surface area contributed by atoms with Crippen LogP contribution in [0.3, 0.4) is 0 Å². The number of nitrogens with zero attached hydrogens (tertiary/aromatic N) is 8. The fourth-order valence-corrected chi connectivity index (χ4v) is 8.56. The highest BCUT2D eigenvalue weighted by molar-refractivity contribution is 7.09. The minimum Gasteiger partial charge on any atom is -0.364 e. The van der Waals surface area contributed by atoms with Gasteiger partial charge >= 0.3 is 0 Å². The second kappa shape index (κ2) is 13.3. The molecule has 6 heterocycles. The lowest BCUT2D eigenvalue weighted by Gasteiger charge is -2.42. The summed E-state index contributed by atoms with van der Waals surface area (Å²) < 4.78 is 2.21. The van der Waals surface area contributed by atoms with E-state index in [2.05, 4.69) is 60.7 Å². The number of hydrogen-bond acceptors (Lipinski definition) is 11. The number of amides is 3. The molecule has 1 unspecified atom stereocenters. The summed E-state index contributed by atoms with van der Waals surface area (Å²) >= 11 is 1.57. The molecule has 5 aliphatic rings. The number of likely N-dealkylation sites (tertiary alicyclic amines) is 2. The molecule has 3 aliphatic heterocycles. The molecule has 1 aromatic carbocycles. The van der Waals surface area contributed by atoms with Crippen LogP contribution in [0.15, 0.2) is 35.8 Å². The number of aromatic nitrogens is 5. The van der Waals surface area contributed by atoms with Crippen molar-refractivity contribution >= 4 is 51.9 Å². The van der Waals surface area contributed by atoms with Crippen LogP contribution in [0.25, 0.3) is 11.1 Å². The summed E-state index contributed by atoms with van der Waals surface area (Å²) in [5, 5.41) is 25.8. The van der Waals surface area contributed by atoms with E-state index in [9.17, 15) is 14.4 Å². The molecule has 4 aromatic rings. The first-order chi connectivity index (χ1) is 25.3. The van der Waals surface area contributed by atoms with Gasteiger partial charge in [-0.3, -0.25) is 24.0 Å². The smallest absolute Gasteiger partial charge is 0.274 e. The van der Waals surface area contributed by atoms with Gasteiger partial charge in [0.05, 0.1) is 47.6 Å². The summed E-state index contributed by atoms with van der Waals surface area (Å²) in [6.45, 7) is 6.30. The molecular formula is C37H43N11O3S. The molecule has 14 nitrogen and oxygen atoms in total. The Labute approximate surface area is 306 Å². The molecule has 0 spiro atoms. The Kier molecular flexibility index (Phi) is 8.41. The summed E-state index contributed by atoms with van der Waals surface area (Å²) in [6.07, 6.45) is 8.66. The van der Waals surface area contributed by atoms with Crippen LogP contribution in [-0.2, 0) is 11.3 Å². The maximum absolute atomic E-state index is 13.3. The molecule has 1 atom stereocenters. The summed E-state index contributed by atoms with van der Waals surface area (Å²) in [7, 11) is 2.11. The number of para-hydroxylation sites is 1. The third kappa shape index (κ3) is 6.19. The predicted octanol–water partition coefficient (Wildman–Crippen LogP) is 4.97. The first-order valence-electron chi connectivity index (χ1n) is 18.5. The van der Waals surface area contributed by atoms with Gasteiger partial charge in [0.15, 0.2) is 11.5 Å². The van der Waals surface area contributed by atoms with E-state index in [0.717, 1.165) is 105 Å². The number of hydrogen-bond donors (Lipinski definition) is 3. The molecule has 270 valence electrons. The van der Waals surface area contributed by atoms with Gasteiger partial charge in [-0.1, -0.05) is 19.1 Å². The van der Waals surface area contributed by atoms with E-state index in [1.165, 1.54) is 5.69 Å². The minimum absolute atomic E-state index is 0.0117. The van der Waals surface area contributed by atoms with Crippen molar-refractivity contribution in [2.24, 2.45) is 5.92 Å². The monoisotopic (exact) mass is 721 g/mol. The van der Waals surface area contributed by atoms with Crippen molar-refractivity contribution in [1.82, 2.24) is 40.1 Å². The SMILES string of the molecule is CCC1c2c(cnn2C2CN(Cc3nc(C(=O)N4CCCC4)cs3)C2)-c2cccc(Nc3cc(NC(=O)C4CC4)nnc3C(=O)NC3CC3)c2N1C. The molecule has 3 N–H and O–H groups in total. The van der Waals surface area contributed by atoms with Gasteiger partial charge in [0.1, 0.15) is 10.7 Å². The van der Waals surface area contributed by atoms with Crippen LogP contribution in [0.5, 0.6) is 0 Å². The molecule has 3 amide bonds. The van der Waals surface area contributed by atoms with Crippen LogP contribution in [0.4, 0.5) is 22.9 Å². The van der Waals surface area contributed by atoms with Crippen LogP contribution in [0, 0.1) is 5.92 Å². The summed E-state index contributed by atoms with van der Waals surface area (Å²) in [4.78, 5) is 49.9. The average molecular weight is 722 g/mol. The number of fused-ring (bicyclic) bond motifs is 3. The molecule has 2 saturated carbocycles. The third-order valence-electron chi connectivity index (χ3n) is 10.9. The number of benzene rings is 1. The van der Waals surface area contributed by atoms with Gasteiger partial charge in [0.2, 0.25) is 5.91 Å². The molecule has 0 bridgehead atoms. The first kappa shape index (κ1) is 33.0. The third-order valence-corrected chi connectivity index (χ3v) is 11.7. The zero-order valence-electron chi connectivity index (χ0n) is 29.5. The maximum Gasteiger partial charge on any atom is 0.274 e. The standard InChI is InChI=1S/C37H43N11O3S/c1-3-29-34-25(16-38-48(34)23-17-46(18-23)19-31-41-28(20-52-31)37(51)47-13-4-5-14-47)24-7-6-8-26(33(24)45(29)2)40-27-15-30(42-35(49)21-9-10-21)43-44-32(27)36(50)39-22-11-12-22/h6-8,15-16,20-23,29H,3-5,9-14,17-19H2,1-2H3,(H,39,50)(H2,40,42,43,49). The molecule has 2 aliphatic carbocycles. The van der Waals surface area contributed by atoms with Crippen molar-refractivity contribution in [3.8, 4) is 11.1 Å². The Morgan fingerprint density at radius 2 is 1.81 bits per heavy atom. The fourth-order valence-electron chi connectivity index (χ4n) is 7.75. The van der Waals surface area contributed by atoms with Crippen molar-refractivity contribution in [1.29, 1.82) is 0 Å². The zero-order chi connectivity index (χ0) is 35.5. The molecule has 3 aromatic heterocycles. The molecule has 4 fully saturated rings. The number of thiazole rings is 1. The van der Waals surface area contributed by atoms with Gasteiger partial charge < -0.3 is 25.8 Å². The predicted molar refractivity (Wildman–Crippen MR) is 198 cm³/mol. The number of rotatable bonds is 11. The lowest BCUT2D eigenvalue weighted by Crippen LogP contribution is -2.48. The van der Waals surface area contributed by atoms with Crippen LogP contribution in [0.2, 0.25) is 0 Å². The van der Waals surface area contributed by atoms with Gasteiger partial charge in [-0.05, 0) is 51.0 Å². The van der Waals surface area contributed by atoms with Crippen molar-refractivity contribution in [3.05, 3.63) is 57.9 Å². The fraction of sp³-hybridized carbons (Fsp3) is 0.486.